The second-order valence-corrected chi connectivity index (χ2v) is 5.97. The zero-order chi connectivity index (χ0) is 14.4. The Hall–Kier alpha value is -2.13. The third kappa shape index (κ3) is 1.81. The molecule has 3 aromatic rings. The highest BCUT2D eigenvalue weighted by atomic mass is 15.1. The van der Waals surface area contributed by atoms with E-state index < -0.39 is 0 Å². The average Bonchev–Trinajstić information content (AvgIpc) is 3.28. The molecule has 1 aliphatic carbocycles. The summed E-state index contributed by atoms with van der Waals surface area (Å²) in [6.07, 6.45) is 2.36. The van der Waals surface area contributed by atoms with Crippen molar-refractivity contribution in [3.05, 3.63) is 65.5 Å². The normalized spacial score (nSPS) is 16.3. The number of aryl methyl sites for hydroxylation is 1. The standard InChI is InChI=1S/C18H19N3/c1-21-16-11-13(12-19)7-8-15(16)20-17(21)18(9-10-18)14-5-3-2-4-6-14/h2-8,11H,9-10,12,19H2,1H3. The number of nitrogens with two attached hydrogens (primary N) is 1. The van der Waals surface area contributed by atoms with Crippen LogP contribution in [0.4, 0.5) is 0 Å². The maximum absolute atomic E-state index is 5.76. The van der Waals surface area contributed by atoms with Crippen molar-refractivity contribution in [1.82, 2.24) is 9.55 Å². The number of imidazole rings is 1. The van der Waals surface area contributed by atoms with Crippen molar-refractivity contribution < 1.29 is 0 Å². The third-order valence-corrected chi connectivity index (χ3v) is 4.69. The molecule has 0 saturated heterocycles. The van der Waals surface area contributed by atoms with Crippen LogP contribution in [-0.4, -0.2) is 9.55 Å². The van der Waals surface area contributed by atoms with Crippen molar-refractivity contribution in [2.45, 2.75) is 24.8 Å². The Morgan fingerprint density at radius 2 is 1.90 bits per heavy atom. The van der Waals surface area contributed by atoms with Gasteiger partial charge in [0, 0.05) is 13.6 Å². The molecule has 106 valence electrons. The van der Waals surface area contributed by atoms with Gasteiger partial charge in [-0.2, -0.15) is 0 Å². The molecule has 3 heteroatoms. The first-order chi connectivity index (χ1) is 10.2. The molecule has 4 rings (SSSR count). The summed E-state index contributed by atoms with van der Waals surface area (Å²) in [5.74, 6) is 1.18. The van der Waals surface area contributed by atoms with Crippen molar-refractivity contribution in [2.75, 3.05) is 0 Å². The molecule has 2 aromatic carbocycles. The summed E-state index contributed by atoms with van der Waals surface area (Å²) in [4.78, 5) is 4.92. The first-order valence-corrected chi connectivity index (χ1v) is 7.46. The quantitative estimate of drug-likeness (QED) is 0.799. The first-order valence-electron chi connectivity index (χ1n) is 7.46. The number of benzene rings is 2. The molecule has 1 aromatic heterocycles. The van der Waals surface area contributed by atoms with Gasteiger partial charge in [0.05, 0.1) is 16.4 Å². The van der Waals surface area contributed by atoms with Crippen LogP contribution in [0.5, 0.6) is 0 Å². The van der Waals surface area contributed by atoms with E-state index in [1.807, 2.05) is 0 Å². The highest BCUT2D eigenvalue weighted by molar-refractivity contribution is 5.77. The van der Waals surface area contributed by atoms with Gasteiger partial charge in [0.25, 0.3) is 0 Å². The van der Waals surface area contributed by atoms with Crippen molar-refractivity contribution in [3.8, 4) is 0 Å². The van der Waals surface area contributed by atoms with Crippen molar-refractivity contribution in [2.24, 2.45) is 12.8 Å². The molecular formula is C18H19N3. The molecule has 0 radical (unpaired) electrons. The van der Waals surface area contributed by atoms with Gasteiger partial charge < -0.3 is 10.3 Å². The maximum Gasteiger partial charge on any atom is 0.120 e. The lowest BCUT2D eigenvalue weighted by Gasteiger charge is -2.15. The molecule has 2 N–H and O–H groups in total. The van der Waals surface area contributed by atoms with Crippen LogP contribution >= 0.6 is 0 Å². The highest BCUT2D eigenvalue weighted by Crippen LogP contribution is 2.53. The van der Waals surface area contributed by atoms with Crippen LogP contribution in [0.25, 0.3) is 11.0 Å². The second kappa shape index (κ2) is 4.43. The van der Waals surface area contributed by atoms with Crippen LogP contribution in [0.2, 0.25) is 0 Å². The Kier molecular flexibility index (Phi) is 2.66. The van der Waals surface area contributed by atoms with Gasteiger partial charge >= 0.3 is 0 Å². The number of rotatable bonds is 3. The van der Waals surface area contributed by atoms with Crippen molar-refractivity contribution in [3.63, 3.8) is 0 Å². The molecule has 21 heavy (non-hydrogen) atoms. The fourth-order valence-electron chi connectivity index (χ4n) is 3.31. The number of nitrogens with zero attached hydrogens (tertiary/aromatic N) is 2. The lowest BCUT2D eigenvalue weighted by atomic mass is 9.95. The minimum atomic E-state index is 0.109. The lowest BCUT2D eigenvalue weighted by Crippen LogP contribution is -2.14. The number of hydrogen-bond donors (Lipinski definition) is 1. The van der Waals surface area contributed by atoms with E-state index in [9.17, 15) is 0 Å². The van der Waals surface area contributed by atoms with E-state index in [4.69, 9.17) is 10.7 Å². The zero-order valence-corrected chi connectivity index (χ0v) is 12.2. The van der Waals surface area contributed by atoms with E-state index in [1.165, 1.54) is 29.7 Å². The Labute approximate surface area is 124 Å². The fourth-order valence-corrected chi connectivity index (χ4v) is 3.31. The van der Waals surface area contributed by atoms with Crippen molar-refractivity contribution >= 4 is 11.0 Å². The molecule has 1 saturated carbocycles. The topological polar surface area (TPSA) is 43.8 Å². The molecule has 1 aliphatic rings. The molecule has 0 unspecified atom stereocenters. The van der Waals surface area contributed by atoms with Crippen molar-refractivity contribution in [1.29, 1.82) is 0 Å². The van der Waals surface area contributed by atoms with E-state index in [1.54, 1.807) is 0 Å². The smallest absolute Gasteiger partial charge is 0.120 e. The minimum absolute atomic E-state index is 0.109. The van der Waals surface area contributed by atoms with Crippen LogP contribution in [0.1, 0.15) is 29.8 Å². The van der Waals surface area contributed by atoms with Crippen LogP contribution in [0.3, 0.4) is 0 Å². The average molecular weight is 277 g/mol. The molecule has 3 nitrogen and oxygen atoms in total. The lowest BCUT2D eigenvalue weighted by molar-refractivity contribution is 0.705. The molecular weight excluding hydrogens is 258 g/mol. The predicted molar refractivity (Wildman–Crippen MR) is 85.1 cm³/mol. The van der Waals surface area contributed by atoms with Gasteiger partial charge in [-0.1, -0.05) is 36.4 Å². The summed E-state index contributed by atoms with van der Waals surface area (Å²) in [5.41, 5.74) is 10.6. The summed E-state index contributed by atoms with van der Waals surface area (Å²) in [5, 5.41) is 0. The SMILES string of the molecule is Cn1c(C2(c3ccccc3)CC2)nc2ccc(CN)cc21. The van der Waals surface area contributed by atoms with Gasteiger partial charge in [0.1, 0.15) is 5.82 Å². The van der Waals surface area contributed by atoms with Crippen LogP contribution in [0.15, 0.2) is 48.5 Å². The minimum Gasteiger partial charge on any atom is -0.330 e. The summed E-state index contributed by atoms with van der Waals surface area (Å²) < 4.78 is 2.24. The van der Waals surface area contributed by atoms with Gasteiger partial charge in [-0.15, -0.1) is 0 Å². The largest absolute Gasteiger partial charge is 0.330 e. The molecule has 0 amide bonds. The number of aromatic nitrogens is 2. The zero-order valence-electron chi connectivity index (χ0n) is 12.2. The van der Waals surface area contributed by atoms with E-state index in [0.29, 0.717) is 6.54 Å². The fraction of sp³-hybridized carbons (Fsp3) is 0.278. The Bertz CT molecular complexity index is 798. The third-order valence-electron chi connectivity index (χ3n) is 4.69. The predicted octanol–water partition coefficient (Wildman–Crippen LogP) is 3.11. The van der Waals surface area contributed by atoms with E-state index in [-0.39, 0.29) is 5.41 Å². The number of fused-ring (bicyclic) bond motifs is 1. The summed E-state index contributed by atoms with van der Waals surface area (Å²) in [7, 11) is 2.12. The summed E-state index contributed by atoms with van der Waals surface area (Å²) in [6, 6.07) is 17.1. The van der Waals surface area contributed by atoms with Gasteiger partial charge in [0.15, 0.2) is 0 Å². The van der Waals surface area contributed by atoms with Gasteiger partial charge in [-0.05, 0) is 36.1 Å². The Morgan fingerprint density at radius 3 is 2.57 bits per heavy atom. The first kappa shape index (κ1) is 12.6. The molecule has 0 atom stereocenters. The summed E-state index contributed by atoms with van der Waals surface area (Å²) in [6.45, 7) is 0.570. The molecule has 0 spiro atoms. The molecule has 1 heterocycles. The number of hydrogen-bond acceptors (Lipinski definition) is 2. The molecule has 1 fully saturated rings. The van der Waals surface area contributed by atoms with Crippen LogP contribution in [-0.2, 0) is 19.0 Å². The maximum atomic E-state index is 5.76. The molecule has 0 bridgehead atoms. The van der Waals surface area contributed by atoms with Gasteiger partial charge in [-0.25, -0.2) is 4.98 Å². The van der Waals surface area contributed by atoms with Gasteiger partial charge in [0.2, 0.25) is 0 Å². The van der Waals surface area contributed by atoms with E-state index in [2.05, 4.69) is 60.1 Å². The summed E-state index contributed by atoms with van der Waals surface area (Å²) >= 11 is 0. The Morgan fingerprint density at radius 1 is 1.14 bits per heavy atom. The second-order valence-electron chi connectivity index (χ2n) is 5.97. The van der Waals surface area contributed by atoms with E-state index >= 15 is 0 Å². The van der Waals surface area contributed by atoms with Crippen LogP contribution < -0.4 is 5.73 Å². The highest BCUT2D eigenvalue weighted by Gasteiger charge is 2.49. The monoisotopic (exact) mass is 277 g/mol. The van der Waals surface area contributed by atoms with Gasteiger partial charge in [-0.3, -0.25) is 0 Å². The van der Waals surface area contributed by atoms with E-state index in [0.717, 1.165) is 11.1 Å². The molecule has 0 aliphatic heterocycles. The Balaban J connectivity index is 1.90. The van der Waals surface area contributed by atoms with Crippen LogP contribution in [0, 0.1) is 0 Å².